The Morgan fingerprint density at radius 2 is 2.18 bits per heavy atom. The van der Waals surface area contributed by atoms with Crippen molar-refractivity contribution in [1.82, 2.24) is 0 Å². The summed E-state index contributed by atoms with van der Waals surface area (Å²) in [4.78, 5) is 11.4. The van der Waals surface area contributed by atoms with E-state index in [1.165, 1.54) is 17.4 Å². The van der Waals surface area contributed by atoms with E-state index in [1.54, 1.807) is 12.1 Å². The van der Waals surface area contributed by atoms with Crippen molar-refractivity contribution < 1.29 is 4.92 Å². The molecule has 88 valence electrons. The van der Waals surface area contributed by atoms with Crippen LogP contribution in [0.25, 0.3) is 0 Å². The van der Waals surface area contributed by atoms with Gasteiger partial charge in [0, 0.05) is 10.9 Å². The normalized spacial score (nSPS) is 12.4. The summed E-state index contributed by atoms with van der Waals surface area (Å²) < 4.78 is 0.463. The van der Waals surface area contributed by atoms with Crippen LogP contribution in [-0.2, 0) is 0 Å². The van der Waals surface area contributed by atoms with Crippen LogP contribution in [0.4, 0.5) is 5.69 Å². The van der Waals surface area contributed by atoms with Gasteiger partial charge in [0.1, 0.15) is 0 Å². The average Bonchev–Trinajstić information content (AvgIpc) is 2.81. The van der Waals surface area contributed by atoms with E-state index in [2.05, 4.69) is 15.9 Å². The van der Waals surface area contributed by atoms with Crippen LogP contribution in [0.3, 0.4) is 0 Å². The number of halogens is 1. The van der Waals surface area contributed by atoms with E-state index in [9.17, 15) is 10.1 Å². The number of nitrogens with two attached hydrogens (primary N) is 1. The fraction of sp³-hybridized carbons (Fsp3) is 0.0909. The van der Waals surface area contributed by atoms with Crippen LogP contribution in [0.1, 0.15) is 16.5 Å². The van der Waals surface area contributed by atoms with Gasteiger partial charge in [-0.2, -0.15) is 0 Å². The molecular weight excluding hydrogens is 304 g/mol. The van der Waals surface area contributed by atoms with Gasteiger partial charge in [-0.1, -0.05) is 12.1 Å². The van der Waals surface area contributed by atoms with Crippen LogP contribution in [0.5, 0.6) is 0 Å². The standard InChI is InChI=1S/C11H9BrN2O2S/c12-8-4-3-7(6-9(8)14(15)16)11(13)10-2-1-5-17-10/h1-6,11H,13H2/t11-/m1/s1. The molecule has 2 rings (SSSR count). The molecule has 1 atom stereocenters. The predicted molar refractivity (Wildman–Crippen MR) is 71.1 cm³/mol. The Morgan fingerprint density at radius 3 is 2.76 bits per heavy atom. The first-order valence-corrected chi connectivity index (χ1v) is 6.49. The van der Waals surface area contributed by atoms with E-state index < -0.39 is 4.92 Å². The summed E-state index contributed by atoms with van der Waals surface area (Å²) in [6.07, 6.45) is 0. The van der Waals surface area contributed by atoms with E-state index in [0.29, 0.717) is 4.47 Å². The fourth-order valence-electron chi connectivity index (χ4n) is 1.50. The molecule has 1 heterocycles. The van der Waals surface area contributed by atoms with Gasteiger partial charge in [-0.25, -0.2) is 0 Å². The van der Waals surface area contributed by atoms with E-state index in [0.717, 1.165) is 10.4 Å². The summed E-state index contributed by atoms with van der Waals surface area (Å²) in [5.41, 5.74) is 6.83. The zero-order valence-electron chi connectivity index (χ0n) is 8.67. The first-order valence-electron chi connectivity index (χ1n) is 4.82. The molecule has 1 aromatic carbocycles. The van der Waals surface area contributed by atoms with Crippen LogP contribution in [0.15, 0.2) is 40.2 Å². The van der Waals surface area contributed by atoms with Crippen LogP contribution in [0.2, 0.25) is 0 Å². The maximum absolute atomic E-state index is 10.8. The van der Waals surface area contributed by atoms with E-state index in [1.807, 2.05) is 17.5 Å². The monoisotopic (exact) mass is 312 g/mol. The second-order valence-corrected chi connectivity index (χ2v) is 5.29. The van der Waals surface area contributed by atoms with Gasteiger partial charge in [-0.05, 0) is 39.0 Å². The number of hydrogen-bond acceptors (Lipinski definition) is 4. The van der Waals surface area contributed by atoms with Crippen LogP contribution < -0.4 is 5.73 Å². The topological polar surface area (TPSA) is 69.2 Å². The molecule has 0 aliphatic heterocycles. The van der Waals surface area contributed by atoms with Gasteiger partial charge in [-0.3, -0.25) is 10.1 Å². The van der Waals surface area contributed by atoms with Gasteiger partial charge in [-0.15, -0.1) is 11.3 Å². The van der Waals surface area contributed by atoms with Crippen molar-refractivity contribution in [2.45, 2.75) is 6.04 Å². The third kappa shape index (κ3) is 2.54. The summed E-state index contributed by atoms with van der Waals surface area (Å²) in [6.45, 7) is 0. The number of nitro benzene ring substituents is 1. The lowest BCUT2D eigenvalue weighted by molar-refractivity contribution is -0.385. The second-order valence-electron chi connectivity index (χ2n) is 3.46. The van der Waals surface area contributed by atoms with Crippen molar-refractivity contribution in [1.29, 1.82) is 0 Å². The minimum Gasteiger partial charge on any atom is -0.320 e. The molecule has 0 amide bonds. The molecule has 0 radical (unpaired) electrons. The largest absolute Gasteiger partial charge is 0.320 e. The molecule has 1 aromatic heterocycles. The molecule has 0 aliphatic carbocycles. The Balaban J connectivity index is 2.40. The van der Waals surface area contributed by atoms with Crippen LogP contribution in [0, 0.1) is 10.1 Å². The zero-order valence-corrected chi connectivity index (χ0v) is 11.1. The highest BCUT2D eigenvalue weighted by atomic mass is 79.9. The molecule has 2 aromatic rings. The first kappa shape index (κ1) is 12.2. The highest BCUT2D eigenvalue weighted by Crippen LogP contribution is 2.30. The molecule has 0 spiro atoms. The average molecular weight is 313 g/mol. The van der Waals surface area contributed by atoms with Crippen molar-refractivity contribution in [2.24, 2.45) is 5.73 Å². The molecule has 0 saturated heterocycles. The smallest absolute Gasteiger partial charge is 0.283 e. The molecule has 2 N–H and O–H groups in total. The van der Waals surface area contributed by atoms with E-state index >= 15 is 0 Å². The third-order valence-corrected chi connectivity index (χ3v) is 4.00. The Labute approximate surface area is 110 Å². The Hall–Kier alpha value is -1.24. The van der Waals surface area contributed by atoms with Crippen molar-refractivity contribution in [3.8, 4) is 0 Å². The van der Waals surface area contributed by atoms with Crippen LogP contribution >= 0.6 is 27.3 Å². The number of nitrogens with zero attached hydrogens (tertiary/aromatic N) is 1. The number of hydrogen-bond donors (Lipinski definition) is 1. The van der Waals surface area contributed by atoms with Crippen molar-refractivity contribution in [3.05, 3.63) is 60.7 Å². The lowest BCUT2D eigenvalue weighted by Crippen LogP contribution is -2.10. The maximum atomic E-state index is 10.8. The summed E-state index contributed by atoms with van der Waals surface area (Å²) in [5.74, 6) is 0. The lowest BCUT2D eigenvalue weighted by atomic mass is 10.1. The Kier molecular flexibility index (Phi) is 3.56. The molecule has 6 heteroatoms. The quantitative estimate of drug-likeness (QED) is 0.697. The number of thiophene rings is 1. The molecule has 0 unspecified atom stereocenters. The molecule has 4 nitrogen and oxygen atoms in total. The van der Waals surface area contributed by atoms with E-state index in [-0.39, 0.29) is 11.7 Å². The Bertz CT molecular complexity index is 542. The molecule has 17 heavy (non-hydrogen) atoms. The highest BCUT2D eigenvalue weighted by Gasteiger charge is 2.17. The SMILES string of the molecule is N[C@H](c1ccc(Br)c([N+](=O)[O-])c1)c1cccs1. The second kappa shape index (κ2) is 4.95. The highest BCUT2D eigenvalue weighted by molar-refractivity contribution is 9.10. The van der Waals surface area contributed by atoms with Gasteiger partial charge >= 0.3 is 0 Å². The zero-order chi connectivity index (χ0) is 12.4. The molecule has 0 saturated carbocycles. The summed E-state index contributed by atoms with van der Waals surface area (Å²) in [6, 6.07) is 8.47. The maximum Gasteiger partial charge on any atom is 0.283 e. The van der Waals surface area contributed by atoms with Crippen molar-refractivity contribution >= 4 is 33.0 Å². The van der Waals surface area contributed by atoms with Gasteiger partial charge in [0.25, 0.3) is 5.69 Å². The predicted octanol–water partition coefficient (Wildman–Crippen LogP) is 3.47. The summed E-state index contributed by atoms with van der Waals surface area (Å²) in [5, 5.41) is 12.8. The fourth-order valence-corrected chi connectivity index (χ4v) is 2.64. The molecule has 0 fully saturated rings. The Morgan fingerprint density at radius 1 is 1.41 bits per heavy atom. The molecule has 0 bridgehead atoms. The van der Waals surface area contributed by atoms with Crippen molar-refractivity contribution in [2.75, 3.05) is 0 Å². The minimum atomic E-state index is -0.422. The summed E-state index contributed by atoms with van der Waals surface area (Å²) >= 11 is 4.69. The van der Waals surface area contributed by atoms with Gasteiger partial charge in [0.15, 0.2) is 0 Å². The van der Waals surface area contributed by atoms with Gasteiger partial charge in [0.05, 0.1) is 15.4 Å². The third-order valence-electron chi connectivity index (χ3n) is 2.38. The lowest BCUT2D eigenvalue weighted by Gasteiger charge is -2.10. The number of benzene rings is 1. The van der Waals surface area contributed by atoms with Crippen LogP contribution in [-0.4, -0.2) is 4.92 Å². The van der Waals surface area contributed by atoms with Crippen molar-refractivity contribution in [3.63, 3.8) is 0 Å². The first-order chi connectivity index (χ1) is 8.09. The van der Waals surface area contributed by atoms with Gasteiger partial charge in [0.2, 0.25) is 0 Å². The van der Waals surface area contributed by atoms with E-state index in [4.69, 9.17) is 5.73 Å². The minimum absolute atomic E-state index is 0.0366. The summed E-state index contributed by atoms with van der Waals surface area (Å²) in [7, 11) is 0. The number of nitro groups is 1. The number of rotatable bonds is 3. The van der Waals surface area contributed by atoms with Gasteiger partial charge < -0.3 is 5.73 Å². The molecule has 0 aliphatic rings. The molecular formula is C11H9BrN2O2S.